The Labute approximate surface area is 298 Å². The number of hydrogen-bond acceptors (Lipinski definition) is 7. The Hall–Kier alpha value is -3.02. The quantitative estimate of drug-likeness (QED) is 0.202. The monoisotopic (exact) mass is 741 g/mol. The van der Waals surface area contributed by atoms with Crippen LogP contribution in [0.1, 0.15) is 91.2 Å². The number of aliphatic hydroxyl groups is 1. The third kappa shape index (κ3) is 7.84. The molecule has 11 heteroatoms. The summed E-state index contributed by atoms with van der Waals surface area (Å²) in [5.41, 5.74) is -1.36. The molecule has 268 valence electrons. The SMILES string of the molecule is CC(C)(C)CC(C)(C)N1C/C=C\CCC(=O)NC[C@@H](c2ccccc2)OC(=O)[C@@H]2[C@H]3O[C@@]4(C=C3Br)[C@H](C1=O)N(CCCCCCO)C(=O)[C@@H]24. The van der Waals surface area contributed by atoms with E-state index in [1.807, 2.05) is 67.3 Å². The molecule has 1 aromatic carbocycles. The van der Waals surface area contributed by atoms with Crippen molar-refractivity contribution in [1.82, 2.24) is 15.1 Å². The molecule has 5 bridgehead atoms. The van der Waals surface area contributed by atoms with Crippen LogP contribution >= 0.6 is 15.9 Å². The van der Waals surface area contributed by atoms with Crippen LogP contribution in [0.3, 0.4) is 0 Å². The normalized spacial score (nSPS) is 30.3. The molecule has 0 unspecified atom stereocenters. The molecule has 0 saturated carbocycles. The van der Waals surface area contributed by atoms with E-state index in [1.54, 1.807) is 4.90 Å². The Balaban J connectivity index is 1.59. The maximum atomic E-state index is 15.2. The van der Waals surface area contributed by atoms with E-state index in [-0.39, 0.29) is 49.3 Å². The minimum Gasteiger partial charge on any atom is -0.455 e. The summed E-state index contributed by atoms with van der Waals surface area (Å²) in [6.07, 6.45) is 8.42. The number of fused-ring (bicyclic) bond motifs is 2. The van der Waals surface area contributed by atoms with E-state index in [4.69, 9.17) is 9.47 Å². The third-order valence-corrected chi connectivity index (χ3v) is 10.8. The second kappa shape index (κ2) is 15.1. The van der Waals surface area contributed by atoms with E-state index < -0.39 is 47.2 Å². The van der Waals surface area contributed by atoms with Gasteiger partial charge in [-0.25, -0.2) is 0 Å². The number of esters is 1. The molecule has 0 radical (unpaired) electrons. The van der Waals surface area contributed by atoms with Crippen LogP contribution in [0.5, 0.6) is 0 Å². The predicted octanol–water partition coefficient (Wildman–Crippen LogP) is 5.21. The molecular formula is C38H52BrN3O7. The first-order valence-electron chi connectivity index (χ1n) is 17.7. The maximum absolute atomic E-state index is 15.2. The van der Waals surface area contributed by atoms with Gasteiger partial charge in [0.1, 0.15) is 29.8 Å². The summed E-state index contributed by atoms with van der Waals surface area (Å²) >= 11 is 3.64. The summed E-state index contributed by atoms with van der Waals surface area (Å²) in [5.74, 6) is -3.26. The fourth-order valence-corrected chi connectivity index (χ4v) is 9.09. The molecule has 2 N–H and O–H groups in total. The zero-order valence-electron chi connectivity index (χ0n) is 29.5. The molecule has 4 aliphatic heterocycles. The van der Waals surface area contributed by atoms with Gasteiger partial charge in [-0.2, -0.15) is 0 Å². The molecule has 3 amide bonds. The lowest BCUT2D eigenvalue weighted by atomic mass is 9.74. The molecular weight excluding hydrogens is 690 g/mol. The number of hydrogen-bond donors (Lipinski definition) is 2. The van der Waals surface area contributed by atoms with E-state index in [1.165, 1.54) is 0 Å². The molecule has 4 heterocycles. The van der Waals surface area contributed by atoms with Crippen LogP contribution in [0.4, 0.5) is 0 Å². The Morgan fingerprint density at radius 3 is 2.39 bits per heavy atom. The summed E-state index contributed by atoms with van der Waals surface area (Å²) in [6.45, 7) is 11.3. The van der Waals surface area contributed by atoms with Crippen molar-refractivity contribution in [2.24, 2.45) is 17.3 Å². The second-order valence-electron chi connectivity index (χ2n) is 15.6. The number of likely N-dealkylation sites (tertiary alicyclic amines) is 1. The van der Waals surface area contributed by atoms with E-state index in [0.717, 1.165) is 18.4 Å². The highest BCUT2D eigenvalue weighted by Crippen LogP contribution is 2.59. The van der Waals surface area contributed by atoms with Gasteiger partial charge in [0.15, 0.2) is 0 Å². The van der Waals surface area contributed by atoms with E-state index in [0.29, 0.717) is 36.7 Å². The van der Waals surface area contributed by atoms with Crippen LogP contribution in [-0.2, 0) is 28.7 Å². The van der Waals surface area contributed by atoms with Gasteiger partial charge in [-0.3, -0.25) is 19.2 Å². The minimum absolute atomic E-state index is 0.0765. The number of nitrogens with one attached hydrogen (secondary N) is 1. The number of cyclic esters (lactones) is 1. The lowest BCUT2D eigenvalue weighted by molar-refractivity contribution is -0.160. The number of carbonyl (C=O) groups is 4. The lowest BCUT2D eigenvalue weighted by Gasteiger charge is -2.45. The summed E-state index contributed by atoms with van der Waals surface area (Å²) in [5, 5.41) is 12.2. The fourth-order valence-electron chi connectivity index (χ4n) is 8.35. The Morgan fingerprint density at radius 1 is 0.980 bits per heavy atom. The number of allylic oxidation sites excluding steroid dienone is 1. The number of carbonyl (C=O) groups excluding carboxylic acids is 4. The number of ether oxygens (including phenoxy) is 2. The van der Waals surface area contributed by atoms with Crippen LogP contribution < -0.4 is 5.32 Å². The van der Waals surface area contributed by atoms with E-state index in [2.05, 4.69) is 42.0 Å². The number of rotatable bonds is 9. The highest BCUT2D eigenvalue weighted by atomic mass is 79.9. The first-order chi connectivity index (χ1) is 23.2. The van der Waals surface area contributed by atoms with Crippen molar-refractivity contribution in [1.29, 1.82) is 0 Å². The summed E-state index contributed by atoms with van der Waals surface area (Å²) < 4.78 is 13.5. The van der Waals surface area contributed by atoms with E-state index >= 15 is 4.79 Å². The lowest BCUT2D eigenvalue weighted by Crippen LogP contribution is -2.60. The first-order valence-corrected chi connectivity index (χ1v) is 18.5. The van der Waals surface area contributed by atoms with Crippen LogP contribution in [0.15, 0.2) is 53.0 Å². The minimum atomic E-state index is -1.36. The van der Waals surface area contributed by atoms with Gasteiger partial charge in [0.05, 0.1) is 12.5 Å². The van der Waals surface area contributed by atoms with Crippen LogP contribution in [-0.4, -0.2) is 88.1 Å². The van der Waals surface area contributed by atoms with Crippen LogP contribution in [0.2, 0.25) is 0 Å². The van der Waals surface area contributed by atoms with Gasteiger partial charge in [0.25, 0.3) is 0 Å². The zero-order chi connectivity index (χ0) is 35.6. The van der Waals surface area contributed by atoms with E-state index in [9.17, 15) is 19.5 Å². The van der Waals surface area contributed by atoms with Crippen molar-refractivity contribution in [3.8, 4) is 0 Å². The molecule has 2 saturated heterocycles. The van der Waals surface area contributed by atoms with Gasteiger partial charge in [-0.15, -0.1) is 0 Å². The van der Waals surface area contributed by atoms with Crippen molar-refractivity contribution >= 4 is 39.6 Å². The van der Waals surface area contributed by atoms with Crippen molar-refractivity contribution in [3.05, 3.63) is 58.6 Å². The molecule has 0 aliphatic carbocycles. The summed E-state index contributed by atoms with van der Waals surface area (Å²) in [6, 6.07) is 8.24. The zero-order valence-corrected chi connectivity index (χ0v) is 31.0. The summed E-state index contributed by atoms with van der Waals surface area (Å²) in [4.78, 5) is 60.5. The van der Waals surface area contributed by atoms with Crippen molar-refractivity contribution < 1.29 is 33.8 Å². The van der Waals surface area contributed by atoms with Gasteiger partial charge in [0, 0.05) is 36.1 Å². The van der Waals surface area contributed by atoms with Gasteiger partial charge in [0.2, 0.25) is 17.7 Å². The van der Waals surface area contributed by atoms with Crippen LogP contribution in [0.25, 0.3) is 0 Å². The first kappa shape index (κ1) is 37.2. The third-order valence-electron chi connectivity index (χ3n) is 10.1. The molecule has 2 fully saturated rings. The molecule has 6 atom stereocenters. The average Bonchev–Trinajstić information content (AvgIpc) is 3.62. The number of benzene rings is 1. The molecule has 4 aliphatic rings. The molecule has 49 heavy (non-hydrogen) atoms. The Morgan fingerprint density at radius 2 is 1.69 bits per heavy atom. The number of aliphatic hydroxyl groups excluding tert-OH is 1. The number of nitrogens with zero attached hydrogens (tertiary/aromatic N) is 2. The largest absolute Gasteiger partial charge is 0.455 e. The fraction of sp³-hybridized carbons (Fsp3) is 0.632. The standard InChI is InChI=1S/C38H52BrN3O7/c1-36(2,3)24-37(4,5)42-20-14-9-12-18-28(44)40-23-27(25-16-10-8-11-17-25)48-35(47)29-30-33(45)41(19-13-6-7-15-21-43)32(34(42)46)38(30)22-26(39)31(29)49-38/h8-11,14,16-17,22,27,29-32,43H,6-7,12-13,15,18-21,23-24H2,1-5H3,(H,40,44)/b14-9-/t27-,29-,30+,31-,32-,38+/m0/s1. The van der Waals surface area contributed by atoms with Crippen molar-refractivity contribution in [2.75, 3.05) is 26.2 Å². The predicted molar refractivity (Wildman–Crippen MR) is 189 cm³/mol. The van der Waals surface area contributed by atoms with Gasteiger partial charge in [-0.1, -0.05) is 92.0 Å². The topological polar surface area (TPSA) is 125 Å². The molecule has 1 spiro atoms. The molecule has 1 aromatic rings. The highest BCUT2D eigenvalue weighted by molar-refractivity contribution is 9.11. The smallest absolute Gasteiger partial charge is 0.313 e. The van der Waals surface area contributed by atoms with Crippen molar-refractivity contribution in [2.45, 2.75) is 109 Å². The average molecular weight is 743 g/mol. The number of amides is 3. The molecule has 5 rings (SSSR count). The Kier molecular flexibility index (Phi) is 11.5. The number of halogens is 1. The molecule has 10 nitrogen and oxygen atoms in total. The van der Waals surface area contributed by atoms with Gasteiger partial charge < -0.3 is 29.7 Å². The Bertz CT molecular complexity index is 1450. The van der Waals surface area contributed by atoms with Crippen LogP contribution in [0, 0.1) is 17.3 Å². The summed E-state index contributed by atoms with van der Waals surface area (Å²) in [7, 11) is 0. The van der Waals surface area contributed by atoms with Gasteiger partial charge >= 0.3 is 5.97 Å². The molecule has 0 aromatic heterocycles. The maximum Gasteiger partial charge on any atom is 0.313 e. The highest BCUT2D eigenvalue weighted by Gasteiger charge is 2.75. The van der Waals surface area contributed by atoms with Gasteiger partial charge in [-0.05, 0) is 56.6 Å². The second-order valence-corrected chi connectivity index (χ2v) is 16.6. The number of unbranched alkanes of at least 4 members (excludes halogenated alkanes) is 3. The van der Waals surface area contributed by atoms with Crippen molar-refractivity contribution in [3.63, 3.8) is 0 Å².